The molecule has 2 N–H and O–H groups in total. The van der Waals surface area contributed by atoms with Gasteiger partial charge in [-0.15, -0.1) is 0 Å². The molecule has 1 heterocycles. The SMILES string of the molecule is CSc1nc(N)c(C(=O)OC(C)(C)C)n1-c1ccccc1. The number of nitrogens with zero attached hydrogens (tertiary/aromatic N) is 2. The number of benzene rings is 1. The molecule has 0 bridgehead atoms. The van der Waals surface area contributed by atoms with E-state index in [2.05, 4.69) is 4.98 Å². The van der Waals surface area contributed by atoms with Crippen LogP contribution in [0.3, 0.4) is 0 Å². The molecule has 0 aliphatic carbocycles. The van der Waals surface area contributed by atoms with Gasteiger partial charge in [-0.05, 0) is 39.2 Å². The monoisotopic (exact) mass is 305 g/mol. The summed E-state index contributed by atoms with van der Waals surface area (Å²) in [7, 11) is 0. The Hall–Kier alpha value is -1.95. The molecule has 0 unspecified atom stereocenters. The van der Waals surface area contributed by atoms with Crippen molar-refractivity contribution in [2.75, 3.05) is 12.0 Å². The zero-order valence-electron chi connectivity index (χ0n) is 12.6. The molecule has 2 aromatic rings. The molecule has 112 valence electrons. The second-order valence-corrected chi connectivity index (χ2v) is 6.28. The topological polar surface area (TPSA) is 70.1 Å². The lowest BCUT2D eigenvalue weighted by Gasteiger charge is -2.20. The quantitative estimate of drug-likeness (QED) is 0.697. The van der Waals surface area contributed by atoms with Crippen LogP contribution in [0, 0.1) is 0 Å². The molecule has 0 fully saturated rings. The number of anilines is 1. The number of rotatable bonds is 3. The van der Waals surface area contributed by atoms with E-state index < -0.39 is 11.6 Å². The fourth-order valence-electron chi connectivity index (χ4n) is 1.89. The zero-order valence-corrected chi connectivity index (χ0v) is 13.4. The number of nitrogens with two attached hydrogens (primary N) is 1. The molecule has 2 rings (SSSR count). The van der Waals surface area contributed by atoms with E-state index in [1.54, 1.807) is 4.57 Å². The number of thioether (sulfide) groups is 1. The predicted octanol–water partition coefficient (Wildman–Crippen LogP) is 3.13. The Balaban J connectivity index is 2.56. The molecule has 21 heavy (non-hydrogen) atoms. The van der Waals surface area contributed by atoms with Crippen LogP contribution in [0.4, 0.5) is 5.82 Å². The van der Waals surface area contributed by atoms with Crippen molar-refractivity contribution < 1.29 is 9.53 Å². The molecule has 6 heteroatoms. The molecule has 0 aliphatic rings. The predicted molar refractivity (Wildman–Crippen MR) is 84.9 cm³/mol. The summed E-state index contributed by atoms with van der Waals surface area (Å²) in [5.41, 5.74) is 6.43. The minimum absolute atomic E-state index is 0.178. The Morgan fingerprint density at radius 2 is 1.90 bits per heavy atom. The van der Waals surface area contributed by atoms with Crippen LogP contribution in [-0.2, 0) is 4.74 Å². The van der Waals surface area contributed by atoms with E-state index >= 15 is 0 Å². The van der Waals surface area contributed by atoms with Crippen molar-refractivity contribution in [3.8, 4) is 5.69 Å². The van der Waals surface area contributed by atoms with Gasteiger partial charge in [0.1, 0.15) is 5.60 Å². The van der Waals surface area contributed by atoms with Gasteiger partial charge in [0.2, 0.25) is 0 Å². The molecule has 0 amide bonds. The van der Waals surface area contributed by atoms with Crippen molar-refractivity contribution in [3.63, 3.8) is 0 Å². The number of nitrogen functional groups attached to an aromatic ring is 1. The maximum absolute atomic E-state index is 12.4. The molecule has 0 spiro atoms. The summed E-state index contributed by atoms with van der Waals surface area (Å²) in [5.74, 6) is -0.297. The van der Waals surface area contributed by atoms with Crippen molar-refractivity contribution >= 4 is 23.5 Å². The first-order chi connectivity index (χ1) is 9.83. The second kappa shape index (κ2) is 5.81. The highest BCUT2D eigenvalue weighted by molar-refractivity contribution is 7.98. The summed E-state index contributed by atoms with van der Waals surface area (Å²) in [5, 5.41) is 0.652. The lowest BCUT2D eigenvalue weighted by atomic mass is 10.2. The van der Waals surface area contributed by atoms with Crippen LogP contribution < -0.4 is 5.73 Å². The van der Waals surface area contributed by atoms with E-state index in [9.17, 15) is 4.79 Å². The first kappa shape index (κ1) is 15.4. The molecule has 0 aliphatic heterocycles. The average molecular weight is 305 g/mol. The lowest BCUT2D eigenvalue weighted by Crippen LogP contribution is -2.26. The van der Waals surface area contributed by atoms with Gasteiger partial charge in [-0.1, -0.05) is 30.0 Å². The number of carbonyl (C=O) groups is 1. The molecule has 1 aromatic carbocycles. The maximum atomic E-state index is 12.4. The number of esters is 1. The average Bonchev–Trinajstić information content (AvgIpc) is 2.74. The van der Waals surface area contributed by atoms with Gasteiger partial charge in [0.15, 0.2) is 16.7 Å². The summed E-state index contributed by atoms with van der Waals surface area (Å²) in [6.07, 6.45) is 1.89. The summed E-state index contributed by atoms with van der Waals surface area (Å²) in [4.78, 5) is 16.7. The zero-order chi connectivity index (χ0) is 15.6. The minimum Gasteiger partial charge on any atom is -0.455 e. The Morgan fingerprint density at radius 1 is 1.29 bits per heavy atom. The number of carbonyl (C=O) groups excluding carboxylic acids is 1. The third-order valence-corrected chi connectivity index (χ3v) is 3.30. The summed E-state index contributed by atoms with van der Waals surface area (Å²) >= 11 is 1.42. The van der Waals surface area contributed by atoms with Crippen LogP contribution in [0.15, 0.2) is 35.5 Å². The number of para-hydroxylation sites is 1. The fraction of sp³-hybridized carbons (Fsp3) is 0.333. The standard InChI is InChI=1S/C15H19N3O2S/c1-15(2,3)20-13(19)11-12(16)17-14(21-4)18(11)10-8-6-5-7-9-10/h5-9H,16H2,1-4H3. The van der Waals surface area contributed by atoms with Gasteiger partial charge in [0.25, 0.3) is 0 Å². The van der Waals surface area contributed by atoms with Gasteiger partial charge >= 0.3 is 5.97 Å². The van der Waals surface area contributed by atoms with Gasteiger partial charge < -0.3 is 10.5 Å². The summed E-state index contributed by atoms with van der Waals surface area (Å²) < 4.78 is 7.17. The van der Waals surface area contributed by atoms with Gasteiger partial charge in [-0.25, -0.2) is 9.78 Å². The maximum Gasteiger partial charge on any atom is 0.359 e. The number of hydrogen-bond acceptors (Lipinski definition) is 5. The smallest absolute Gasteiger partial charge is 0.359 e. The molecule has 0 saturated carbocycles. The number of hydrogen-bond donors (Lipinski definition) is 1. The molecule has 0 atom stereocenters. The first-order valence-electron chi connectivity index (χ1n) is 6.54. The Bertz CT molecular complexity index is 645. The number of aromatic nitrogens is 2. The van der Waals surface area contributed by atoms with Gasteiger partial charge in [0, 0.05) is 5.69 Å². The Morgan fingerprint density at radius 3 is 2.43 bits per heavy atom. The van der Waals surface area contributed by atoms with Crippen LogP contribution in [0.25, 0.3) is 5.69 Å². The third kappa shape index (κ3) is 3.39. The van der Waals surface area contributed by atoms with E-state index in [0.717, 1.165) is 5.69 Å². The molecule has 0 radical (unpaired) electrons. The Labute approximate surface area is 128 Å². The van der Waals surface area contributed by atoms with Crippen molar-refractivity contribution in [3.05, 3.63) is 36.0 Å². The van der Waals surface area contributed by atoms with Crippen molar-refractivity contribution in [1.29, 1.82) is 0 Å². The Kier molecular flexibility index (Phi) is 4.27. The van der Waals surface area contributed by atoms with Crippen LogP contribution in [-0.4, -0.2) is 27.4 Å². The van der Waals surface area contributed by atoms with E-state index in [4.69, 9.17) is 10.5 Å². The minimum atomic E-state index is -0.588. The van der Waals surface area contributed by atoms with Crippen LogP contribution in [0.2, 0.25) is 0 Å². The summed E-state index contributed by atoms with van der Waals surface area (Å²) in [6.45, 7) is 5.46. The largest absolute Gasteiger partial charge is 0.455 e. The number of ether oxygens (including phenoxy) is 1. The van der Waals surface area contributed by atoms with E-state index in [1.165, 1.54) is 11.8 Å². The molecule has 0 saturated heterocycles. The van der Waals surface area contributed by atoms with Crippen LogP contribution in [0.1, 0.15) is 31.3 Å². The normalized spacial score (nSPS) is 11.4. The number of imidazole rings is 1. The first-order valence-corrected chi connectivity index (χ1v) is 7.77. The van der Waals surface area contributed by atoms with Crippen molar-refractivity contribution in [2.45, 2.75) is 31.5 Å². The highest BCUT2D eigenvalue weighted by Gasteiger charge is 2.27. The molecule has 5 nitrogen and oxygen atoms in total. The van der Waals surface area contributed by atoms with Gasteiger partial charge in [-0.2, -0.15) is 0 Å². The van der Waals surface area contributed by atoms with Gasteiger partial charge in [-0.3, -0.25) is 4.57 Å². The van der Waals surface area contributed by atoms with Crippen molar-refractivity contribution in [1.82, 2.24) is 9.55 Å². The lowest BCUT2D eigenvalue weighted by molar-refractivity contribution is 0.00612. The van der Waals surface area contributed by atoms with E-state index in [1.807, 2.05) is 57.4 Å². The third-order valence-electron chi connectivity index (χ3n) is 2.66. The highest BCUT2D eigenvalue weighted by Crippen LogP contribution is 2.27. The van der Waals surface area contributed by atoms with Crippen LogP contribution >= 0.6 is 11.8 Å². The fourth-order valence-corrected chi connectivity index (χ4v) is 2.46. The van der Waals surface area contributed by atoms with Gasteiger partial charge in [0.05, 0.1) is 0 Å². The van der Waals surface area contributed by atoms with E-state index in [-0.39, 0.29) is 11.5 Å². The van der Waals surface area contributed by atoms with Crippen molar-refractivity contribution in [2.24, 2.45) is 0 Å². The molecular formula is C15H19N3O2S. The summed E-state index contributed by atoms with van der Waals surface area (Å²) in [6, 6.07) is 9.50. The van der Waals surface area contributed by atoms with E-state index in [0.29, 0.717) is 5.16 Å². The van der Waals surface area contributed by atoms with Crippen LogP contribution in [0.5, 0.6) is 0 Å². The molecule has 1 aromatic heterocycles. The second-order valence-electron chi connectivity index (χ2n) is 5.51. The molecular weight excluding hydrogens is 286 g/mol. The highest BCUT2D eigenvalue weighted by atomic mass is 32.2.